The number of isocyanates is 2. The summed E-state index contributed by atoms with van der Waals surface area (Å²) in [6.45, 7) is 4.08. The van der Waals surface area contributed by atoms with Crippen molar-refractivity contribution in [2.75, 3.05) is 0 Å². The minimum absolute atomic E-state index is 0.378. The molecule has 0 N–H and O–H groups in total. The van der Waals surface area contributed by atoms with E-state index in [1.54, 1.807) is 18.2 Å². The van der Waals surface area contributed by atoms with E-state index in [0.717, 1.165) is 5.56 Å². The molecule has 0 saturated carbocycles. The molecule has 1 rings (SSSR count). The highest BCUT2D eigenvalue weighted by Crippen LogP contribution is 2.30. The zero-order chi connectivity index (χ0) is 12.0. The van der Waals surface area contributed by atoms with Crippen molar-refractivity contribution in [3.8, 4) is 0 Å². The summed E-state index contributed by atoms with van der Waals surface area (Å²) in [5.74, 6) is 0.378. The van der Waals surface area contributed by atoms with Crippen molar-refractivity contribution in [3.63, 3.8) is 0 Å². The predicted octanol–water partition coefficient (Wildman–Crippen LogP) is 2.82. The Morgan fingerprint density at radius 2 is 1.62 bits per heavy atom. The van der Waals surface area contributed by atoms with Crippen LogP contribution in [0.15, 0.2) is 28.2 Å². The fraction of sp³-hybridized carbons (Fsp3) is 0.333. The van der Waals surface area contributed by atoms with Crippen molar-refractivity contribution >= 4 is 23.5 Å². The SMILES string of the molecule is CC(C)Cc1c(N=C=O)cccc1N=C=O. The molecule has 1 aromatic carbocycles. The van der Waals surface area contributed by atoms with E-state index >= 15 is 0 Å². The molecule has 16 heavy (non-hydrogen) atoms. The van der Waals surface area contributed by atoms with Gasteiger partial charge in [-0.15, -0.1) is 0 Å². The quantitative estimate of drug-likeness (QED) is 0.574. The van der Waals surface area contributed by atoms with Crippen LogP contribution in [0.1, 0.15) is 19.4 Å². The molecule has 0 amide bonds. The minimum atomic E-state index is 0.378. The normalized spacial score (nSPS) is 9.44. The van der Waals surface area contributed by atoms with Gasteiger partial charge >= 0.3 is 0 Å². The number of nitrogens with zero attached hydrogens (tertiary/aromatic N) is 2. The second kappa shape index (κ2) is 5.76. The lowest BCUT2D eigenvalue weighted by atomic mass is 9.99. The second-order valence-corrected chi connectivity index (χ2v) is 3.78. The molecule has 0 atom stereocenters. The van der Waals surface area contributed by atoms with Crippen LogP contribution in [0.3, 0.4) is 0 Å². The van der Waals surface area contributed by atoms with Crippen LogP contribution in [0.25, 0.3) is 0 Å². The molecule has 0 aliphatic rings. The molecule has 82 valence electrons. The maximum atomic E-state index is 10.3. The summed E-state index contributed by atoms with van der Waals surface area (Å²) in [6, 6.07) is 5.09. The lowest BCUT2D eigenvalue weighted by molar-refractivity contribution is 0.565. The summed E-state index contributed by atoms with van der Waals surface area (Å²) in [6.07, 6.45) is 3.70. The summed E-state index contributed by atoms with van der Waals surface area (Å²) in [4.78, 5) is 27.8. The monoisotopic (exact) mass is 216 g/mol. The van der Waals surface area contributed by atoms with Gasteiger partial charge in [-0.05, 0) is 24.5 Å². The van der Waals surface area contributed by atoms with E-state index in [1.807, 2.05) is 13.8 Å². The van der Waals surface area contributed by atoms with Gasteiger partial charge in [0, 0.05) is 5.56 Å². The first-order valence-corrected chi connectivity index (χ1v) is 4.96. The third-order valence-electron chi connectivity index (χ3n) is 2.07. The van der Waals surface area contributed by atoms with Crippen LogP contribution in [0.5, 0.6) is 0 Å². The summed E-state index contributed by atoms with van der Waals surface area (Å²) in [5, 5.41) is 0. The van der Waals surface area contributed by atoms with Crippen LogP contribution < -0.4 is 0 Å². The Morgan fingerprint density at radius 1 is 1.12 bits per heavy atom. The van der Waals surface area contributed by atoms with Crippen molar-refractivity contribution in [1.82, 2.24) is 0 Å². The van der Waals surface area contributed by atoms with Gasteiger partial charge in [0.15, 0.2) is 0 Å². The Morgan fingerprint density at radius 3 is 2.00 bits per heavy atom. The van der Waals surface area contributed by atoms with Crippen molar-refractivity contribution in [3.05, 3.63) is 23.8 Å². The number of benzene rings is 1. The summed E-state index contributed by atoms with van der Waals surface area (Å²) in [5.41, 5.74) is 1.81. The van der Waals surface area contributed by atoms with Crippen molar-refractivity contribution in [2.24, 2.45) is 15.9 Å². The first kappa shape index (κ1) is 12.1. The summed E-state index contributed by atoms with van der Waals surface area (Å²) in [7, 11) is 0. The lowest BCUT2D eigenvalue weighted by Gasteiger charge is -2.09. The van der Waals surface area contributed by atoms with E-state index in [2.05, 4.69) is 9.98 Å². The van der Waals surface area contributed by atoms with Crippen molar-refractivity contribution < 1.29 is 9.59 Å². The summed E-state index contributed by atoms with van der Waals surface area (Å²) >= 11 is 0. The van der Waals surface area contributed by atoms with E-state index in [-0.39, 0.29) is 0 Å². The highest BCUT2D eigenvalue weighted by Gasteiger charge is 2.09. The molecule has 4 heteroatoms. The summed E-state index contributed by atoms with van der Waals surface area (Å²) < 4.78 is 0. The zero-order valence-corrected chi connectivity index (χ0v) is 9.23. The molecular formula is C12H12N2O2. The smallest absolute Gasteiger partial charge is 0.211 e. The van der Waals surface area contributed by atoms with Gasteiger partial charge in [-0.25, -0.2) is 9.59 Å². The fourth-order valence-corrected chi connectivity index (χ4v) is 1.49. The number of hydrogen-bond acceptors (Lipinski definition) is 4. The van der Waals surface area contributed by atoms with Gasteiger partial charge in [0.05, 0.1) is 11.4 Å². The zero-order valence-electron chi connectivity index (χ0n) is 9.23. The van der Waals surface area contributed by atoms with Crippen LogP contribution >= 0.6 is 0 Å². The van der Waals surface area contributed by atoms with E-state index in [9.17, 15) is 9.59 Å². The van der Waals surface area contributed by atoms with Gasteiger partial charge in [0.2, 0.25) is 12.2 Å². The molecule has 4 nitrogen and oxygen atoms in total. The second-order valence-electron chi connectivity index (χ2n) is 3.78. The molecule has 0 aliphatic carbocycles. The van der Waals surface area contributed by atoms with Gasteiger partial charge < -0.3 is 0 Å². The van der Waals surface area contributed by atoms with Gasteiger partial charge in [-0.3, -0.25) is 0 Å². The molecule has 1 aromatic rings. The van der Waals surface area contributed by atoms with Gasteiger partial charge in [0.1, 0.15) is 0 Å². The standard InChI is InChI=1S/C12H12N2O2/c1-9(2)6-10-11(13-7-15)4-3-5-12(10)14-8-16/h3-5,9H,6H2,1-2H3. The fourth-order valence-electron chi connectivity index (χ4n) is 1.49. The highest BCUT2D eigenvalue weighted by molar-refractivity contribution is 5.65. The van der Waals surface area contributed by atoms with Gasteiger partial charge in [0.25, 0.3) is 0 Å². The average molecular weight is 216 g/mol. The van der Waals surface area contributed by atoms with Crippen LogP contribution in [-0.4, -0.2) is 12.2 Å². The Labute approximate surface area is 93.7 Å². The molecule has 0 spiro atoms. The minimum Gasteiger partial charge on any atom is -0.211 e. The van der Waals surface area contributed by atoms with Gasteiger partial charge in [-0.2, -0.15) is 9.98 Å². The number of carbonyl (C=O) groups excluding carboxylic acids is 2. The highest BCUT2D eigenvalue weighted by atomic mass is 16.1. The molecule has 0 aliphatic heterocycles. The van der Waals surface area contributed by atoms with Crippen molar-refractivity contribution in [1.29, 1.82) is 0 Å². The Kier molecular flexibility index (Phi) is 4.34. The van der Waals surface area contributed by atoms with Crippen LogP contribution in [0, 0.1) is 5.92 Å². The third-order valence-corrected chi connectivity index (χ3v) is 2.07. The third kappa shape index (κ3) is 2.99. The topological polar surface area (TPSA) is 58.9 Å². The number of aliphatic imine (C=N–C) groups is 2. The van der Waals surface area contributed by atoms with E-state index in [0.29, 0.717) is 23.7 Å². The van der Waals surface area contributed by atoms with Crippen molar-refractivity contribution in [2.45, 2.75) is 20.3 Å². The number of hydrogen-bond donors (Lipinski definition) is 0. The van der Waals surface area contributed by atoms with E-state index in [4.69, 9.17) is 0 Å². The van der Waals surface area contributed by atoms with Crippen LogP contribution in [0.2, 0.25) is 0 Å². The average Bonchev–Trinajstić information content (AvgIpc) is 2.23. The molecule has 0 unspecified atom stereocenters. The first-order chi connectivity index (χ1) is 7.69. The molecular weight excluding hydrogens is 204 g/mol. The Balaban J connectivity index is 3.33. The lowest BCUT2D eigenvalue weighted by Crippen LogP contribution is -1.95. The first-order valence-electron chi connectivity index (χ1n) is 4.96. The largest absolute Gasteiger partial charge is 0.240 e. The molecule has 0 bridgehead atoms. The molecule has 0 saturated heterocycles. The van der Waals surface area contributed by atoms with Crippen LogP contribution in [-0.2, 0) is 16.0 Å². The van der Waals surface area contributed by atoms with E-state index < -0.39 is 0 Å². The Bertz CT molecular complexity index is 432. The predicted molar refractivity (Wildman–Crippen MR) is 60.5 cm³/mol. The maximum absolute atomic E-state index is 10.3. The molecule has 0 heterocycles. The van der Waals surface area contributed by atoms with Crippen LogP contribution in [0.4, 0.5) is 11.4 Å². The molecule has 0 radical (unpaired) electrons. The molecule has 0 aromatic heterocycles. The molecule has 0 fully saturated rings. The Hall–Kier alpha value is -2.02. The van der Waals surface area contributed by atoms with Gasteiger partial charge in [-0.1, -0.05) is 19.9 Å². The maximum Gasteiger partial charge on any atom is 0.240 e. The van der Waals surface area contributed by atoms with E-state index in [1.165, 1.54) is 12.2 Å². The number of rotatable bonds is 4.